The Morgan fingerprint density at radius 1 is 0.250 bits per heavy atom. The van der Waals surface area contributed by atoms with Gasteiger partial charge in [0, 0.05) is 16.7 Å². The number of aromatic nitrogens is 2. The van der Waals surface area contributed by atoms with E-state index in [1.54, 1.807) is 0 Å². The number of fused-ring (bicyclic) bond motifs is 5. The van der Waals surface area contributed by atoms with E-state index in [1.807, 2.05) is 0 Å². The molecule has 0 saturated heterocycles. The molecule has 52 heavy (non-hydrogen) atoms. The molecule has 0 spiro atoms. The van der Waals surface area contributed by atoms with Gasteiger partial charge in [0.15, 0.2) is 5.82 Å². The highest BCUT2D eigenvalue weighted by Crippen LogP contribution is 2.40. The van der Waals surface area contributed by atoms with Crippen LogP contribution in [0.2, 0.25) is 0 Å². The minimum absolute atomic E-state index is 0.716. The molecule has 0 bridgehead atoms. The Labute approximate surface area is 302 Å². The SMILES string of the molecule is c1ccc(-c2ccc(-c3cc(-c4cccc(-c5ccc6ccccc6c5)c4)nc(-c4c5ccccc5cc5c4ccc4ccccc45)n3)cc2)cc1. The highest BCUT2D eigenvalue weighted by Gasteiger charge is 2.18. The van der Waals surface area contributed by atoms with E-state index in [0.29, 0.717) is 5.82 Å². The van der Waals surface area contributed by atoms with Crippen LogP contribution in [0, 0.1) is 0 Å². The van der Waals surface area contributed by atoms with Crippen molar-refractivity contribution in [2.45, 2.75) is 0 Å². The quantitative estimate of drug-likeness (QED) is 0.136. The molecule has 10 rings (SSSR count). The third-order valence-electron chi connectivity index (χ3n) is 10.2. The van der Waals surface area contributed by atoms with Crippen molar-refractivity contribution in [2.24, 2.45) is 0 Å². The fourth-order valence-electron chi connectivity index (χ4n) is 7.61. The van der Waals surface area contributed by atoms with Crippen LogP contribution in [0.4, 0.5) is 0 Å². The average molecular weight is 661 g/mol. The van der Waals surface area contributed by atoms with E-state index in [2.05, 4.69) is 194 Å². The Bertz CT molecular complexity index is 2940. The molecule has 242 valence electrons. The van der Waals surface area contributed by atoms with Gasteiger partial charge in [-0.15, -0.1) is 0 Å². The fraction of sp³-hybridized carbons (Fsp3) is 0. The molecule has 0 aliphatic rings. The van der Waals surface area contributed by atoms with Gasteiger partial charge in [-0.2, -0.15) is 0 Å². The van der Waals surface area contributed by atoms with Crippen LogP contribution in [-0.2, 0) is 0 Å². The van der Waals surface area contributed by atoms with Gasteiger partial charge in [0.25, 0.3) is 0 Å². The average Bonchev–Trinajstić information content (AvgIpc) is 3.23. The highest BCUT2D eigenvalue weighted by molar-refractivity contribution is 6.19. The van der Waals surface area contributed by atoms with Crippen molar-refractivity contribution in [3.05, 3.63) is 194 Å². The third-order valence-corrected chi connectivity index (χ3v) is 10.2. The van der Waals surface area contributed by atoms with Crippen LogP contribution in [0.25, 0.3) is 99.2 Å². The van der Waals surface area contributed by atoms with E-state index >= 15 is 0 Å². The van der Waals surface area contributed by atoms with Crippen LogP contribution in [0.1, 0.15) is 0 Å². The highest BCUT2D eigenvalue weighted by atomic mass is 14.9. The summed E-state index contributed by atoms with van der Waals surface area (Å²) in [5.74, 6) is 0.716. The van der Waals surface area contributed by atoms with Crippen LogP contribution in [0.3, 0.4) is 0 Å². The fourth-order valence-corrected chi connectivity index (χ4v) is 7.61. The van der Waals surface area contributed by atoms with Gasteiger partial charge >= 0.3 is 0 Å². The summed E-state index contributed by atoms with van der Waals surface area (Å²) in [7, 11) is 0. The molecule has 0 unspecified atom stereocenters. The summed E-state index contributed by atoms with van der Waals surface area (Å²) in [6.07, 6.45) is 0. The van der Waals surface area contributed by atoms with Crippen LogP contribution in [-0.4, -0.2) is 9.97 Å². The van der Waals surface area contributed by atoms with Crippen molar-refractivity contribution in [3.63, 3.8) is 0 Å². The topological polar surface area (TPSA) is 25.8 Å². The van der Waals surface area contributed by atoms with Crippen molar-refractivity contribution < 1.29 is 0 Å². The number of benzene rings is 9. The molecule has 2 heteroatoms. The zero-order valence-corrected chi connectivity index (χ0v) is 28.4. The summed E-state index contributed by atoms with van der Waals surface area (Å²) in [5, 5.41) is 9.56. The second kappa shape index (κ2) is 12.5. The molecule has 1 aromatic heterocycles. The first-order chi connectivity index (χ1) is 25.7. The Kier molecular flexibility index (Phi) is 7.18. The van der Waals surface area contributed by atoms with Crippen LogP contribution in [0.15, 0.2) is 194 Å². The van der Waals surface area contributed by atoms with Gasteiger partial charge in [-0.05, 0) is 89.6 Å². The normalized spacial score (nSPS) is 11.5. The van der Waals surface area contributed by atoms with Crippen molar-refractivity contribution in [3.8, 4) is 56.2 Å². The Balaban J connectivity index is 1.20. The van der Waals surface area contributed by atoms with Gasteiger partial charge in [0.1, 0.15) is 0 Å². The second-order valence-corrected chi connectivity index (χ2v) is 13.4. The zero-order valence-electron chi connectivity index (χ0n) is 28.4. The van der Waals surface area contributed by atoms with Gasteiger partial charge in [-0.1, -0.05) is 170 Å². The summed E-state index contributed by atoms with van der Waals surface area (Å²) in [5.41, 5.74) is 9.61. The monoisotopic (exact) mass is 660 g/mol. The lowest BCUT2D eigenvalue weighted by Crippen LogP contribution is -1.98. The van der Waals surface area contributed by atoms with Crippen molar-refractivity contribution in [1.82, 2.24) is 9.97 Å². The molecule has 10 aromatic rings. The predicted octanol–water partition coefficient (Wildman–Crippen LogP) is 13.4. The molecule has 0 atom stereocenters. The van der Waals surface area contributed by atoms with Crippen LogP contribution in [0.5, 0.6) is 0 Å². The molecule has 0 fully saturated rings. The molecule has 0 saturated carbocycles. The first-order valence-corrected chi connectivity index (χ1v) is 17.7. The first-order valence-electron chi connectivity index (χ1n) is 17.7. The number of nitrogens with zero attached hydrogens (tertiary/aromatic N) is 2. The van der Waals surface area contributed by atoms with Crippen molar-refractivity contribution in [2.75, 3.05) is 0 Å². The van der Waals surface area contributed by atoms with E-state index in [0.717, 1.165) is 44.4 Å². The molecule has 0 aliphatic carbocycles. The second-order valence-electron chi connectivity index (χ2n) is 13.4. The lowest BCUT2D eigenvalue weighted by molar-refractivity contribution is 1.19. The molecular weight excluding hydrogens is 629 g/mol. The smallest absolute Gasteiger partial charge is 0.161 e. The minimum Gasteiger partial charge on any atom is -0.228 e. The molecule has 0 aliphatic heterocycles. The van der Waals surface area contributed by atoms with E-state index in [-0.39, 0.29) is 0 Å². The van der Waals surface area contributed by atoms with Gasteiger partial charge in [0.05, 0.1) is 11.4 Å². The van der Waals surface area contributed by atoms with Crippen LogP contribution < -0.4 is 0 Å². The maximum Gasteiger partial charge on any atom is 0.161 e. The number of rotatable bonds is 5. The van der Waals surface area contributed by atoms with Crippen molar-refractivity contribution in [1.29, 1.82) is 0 Å². The lowest BCUT2D eigenvalue weighted by Gasteiger charge is -2.15. The molecule has 1 heterocycles. The largest absolute Gasteiger partial charge is 0.228 e. The van der Waals surface area contributed by atoms with Crippen LogP contribution >= 0.6 is 0 Å². The molecule has 0 N–H and O–H groups in total. The summed E-state index contributed by atoms with van der Waals surface area (Å²) in [4.78, 5) is 10.8. The molecule has 9 aromatic carbocycles. The van der Waals surface area contributed by atoms with E-state index < -0.39 is 0 Å². The maximum atomic E-state index is 5.42. The Hall–Kier alpha value is -6.90. The molecule has 2 nitrogen and oxygen atoms in total. The molecule has 0 radical (unpaired) electrons. The summed E-state index contributed by atoms with van der Waals surface area (Å²) in [6.45, 7) is 0. The number of hydrogen-bond acceptors (Lipinski definition) is 2. The lowest BCUT2D eigenvalue weighted by atomic mass is 9.92. The third kappa shape index (κ3) is 5.30. The van der Waals surface area contributed by atoms with Gasteiger partial charge in [-0.3, -0.25) is 0 Å². The number of hydrogen-bond donors (Lipinski definition) is 0. The van der Waals surface area contributed by atoms with Gasteiger partial charge in [-0.25, -0.2) is 9.97 Å². The molecule has 0 amide bonds. The molecular formula is C50H32N2. The predicted molar refractivity (Wildman–Crippen MR) is 219 cm³/mol. The standard InChI is InChI=1S/C50H32N2/c1-2-11-33(12-3-1)35-21-24-37(25-22-35)47-32-48(42-18-10-17-39(30-42)40-26-23-34-13-4-5-15-38(34)29-40)52-50(51-47)49-44-20-9-7-16-41(44)31-46-43-19-8-6-14-36(43)27-28-45(46)49/h1-32H. The first kappa shape index (κ1) is 30.0. The summed E-state index contributed by atoms with van der Waals surface area (Å²) in [6, 6.07) is 69.3. The van der Waals surface area contributed by atoms with E-state index in [1.165, 1.54) is 49.0 Å². The zero-order chi connectivity index (χ0) is 34.4. The van der Waals surface area contributed by atoms with Gasteiger partial charge < -0.3 is 0 Å². The van der Waals surface area contributed by atoms with Gasteiger partial charge in [0.2, 0.25) is 0 Å². The van der Waals surface area contributed by atoms with E-state index in [9.17, 15) is 0 Å². The summed E-state index contributed by atoms with van der Waals surface area (Å²) >= 11 is 0. The Morgan fingerprint density at radius 2 is 0.808 bits per heavy atom. The minimum atomic E-state index is 0.716. The van der Waals surface area contributed by atoms with Crippen molar-refractivity contribution >= 4 is 43.1 Å². The Morgan fingerprint density at radius 3 is 1.63 bits per heavy atom. The van der Waals surface area contributed by atoms with E-state index in [4.69, 9.17) is 9.97 Å². The maximum absolute atomic E-state index is 5.42. The summed E-state index contributed by atoms with van der Waals surface area (Å²) < 4.78 is 0.